The van der Waals surface area contributed by atoms with Crippen LogP contribution in [0.3, 0.4) is 0 Å². The standard InChI is InChI=1S/C15H15NOS2/c1-2-17-15-9-13(19-14-11(15)7-8-18-14)10-5-3-4-6-12(10)16-15/h3-8,13,16H,2,9H2,1H3. The third-order valence-electron chi connectivity index (χ3n) is 3.82. The maximum atomic E-state index is 6.17. The molecule has 1 aromatic carbocycles. The number of rotatable bonds is 2. The molecule has 0 saturated carbocycles. The molecule has 0 spiro atoms. The molecule has 1 N–H and O–H groups in total. The lowest BCUT2D eigenvalue weighted by atomic mass is 9.90. The minimum atomic E-state index is -0.325. The van der Waals surface area contributed by atoms with Gasteiger partial charge in [0.25, 0.3) is 0 Å². The van der Waals surface area contributed by atoms with E-state index in [-0.39, 0.29) is 5.72 Å². The molecule has 2 bridgehead atoms. The molecule has 19 heavy (non-hydrogen) atoms. The van der Waals surface area contributed by atoms with Crippen LogP contribution in [0.5, 0.6) is 0 Å². The van der Waals surface area contributed by atoms with Gasteiger partial charge in [0, 0.05) is 29.5 Å². The molecule has 0 saturated heterocycles. The minimum absolute atomic E-state index is 0.325. The van der Waals surface area contributed by atoms with E-state index in [4.69, 9.17) is 4.74 Å². The van der Waals surface area contributed by atoms with Crippen molar-refractivity contribution in [1.82, 2.24) is 0 Å². The minimum Gasteiger partial charge on any atom is -0.353 e. The van der Waals surface area contributed by atoms with Gasteiger partial charge in [0.05, 0.1) is 4.21 Å². The summed E-state index contributed by atoms with van der Waals surface area (Å²) < 4.78 is 7.56. The van der Waals surface area contributed by atoms with Crippen molar-refractivity contribution in [3.63, 3.8) is 0 Å². The number of ether oxygens (including phenoxy) is 1. The molecule has 2 aromatic rings. The van der Waals surface area contributed by atoms with Crippen LogP contribution in [0.4, 0.5) is 5.69 Å². The molecular weight excluding hydrogens is 274 g/mol. The summed E-state index contributed by atoms with van der Waals surface area (Å²) in [7, 11) is 0. The van der Waals surface area contributed by atoms with Crippen molar-refractivity contribution in [2.45, 2.75) is 28.5 Å². The van der Waals surface area contributed by atoms with Crippen molar-refractivity contribution in [3.05, 3.63) is 46.8 Å². The van der Waals surface area contributed by atoms with Gasteiger partial charge in [0.1, 0.15) is 0 Å². The second kappa shape index (κ2) is 4.27. The van der Waals surface area contributed by atoms with E-state index < -0.39 is 0 Å². The molecule has 2 unspecified atom stereocenters. The molecule has 4 heteroatoms. The quantitative estimate of drug-likeness (QED) is 0.873. The molecule has 98 valence electrons. The van der Waals surface area contributed by atoms with E-state index in [0.717, 1.165) is 13.0 Å². The van der Waals surface area contributed by atoms with Crippen LogP contribution in [0.1, 0.15) is 29.7 Å². The maximum Gasteiger partial charge on any atom is 0.168 e. The molecule has 0 radical (unpaired) electrons. The van der Waals surface area contributed by atoms with E-state index in [9.17, 15) is 0 Å². The van der Waals surface area contributed by atoms with Gasteiger partial charge < -0.3 is 10.1 Å². The molecule has 0 aliphatic carbocycles. The molecule has 0 amide bonds. The summed E-state index contributed by atoms with van der Waals surface area (Å²) in [5.41, 5.74) is 3.61. The molecule has 2 aliphatic rings. The lowest BCUT2D eigenvalue weighted by Crippen LogP contribution is -2.44. The van der Waals surface area contributed by atoms with Crippen LogP contribution in [0.25, 0.3) is 0 Å². The highest BCUT2D eigenvalue weighted by Crippen LogP contribution is 2.58. The van der Waals surface area contributed by atoms with Gasteiger partial charge in [0.15, 0.2) is 5.72 Å². The van der Waals surface area contributed by atoms with Gasteiger partial charge in [0.2, 0.25) is 0 Å². The summed E-state index contributed by atoms with van der Waals surface area (Å²) in [6.45, 7) is 2.79. The Balaban J connectivity index is 1.89. The summed E-state index contributed by atoms with van der Waals surface area (Å²) in [5.74, 6) is 0. The number of para-hydroxylation sites is 1. The average molecular weight is 289 g/mol. The highest BCUT2D eigenvalue weighted by Gasteiger charge is 2.46. The zero-order valence-corrected chi connectivity index (χ0v) is 12.3. The topological polar surface area (TPSA) is 21.3 Å². The average Bonchev–Trinajstić information content (AvgIpc) is 2.88. The smallest absolute Gasteiger partial charge is 0.168 e. The van der Waals surface area contributed by atoms with Gasteiger partial charge >= 0.3 is 0 Å². The molecule has 0 fully saturated rings. The maximum absolute atomic E-state index is 6.17. The van der Waals surface area contributed by atoms with E-state index >= 15 is 0 Å². The van der Waals surface area contributed by atoms with Crippen molar-refractivity contribution >= 4 is 28.8 Å². The van der Waals surface area contributed by atoms with E-state index in [1.807, 2.05) is 23.1 Å². The number of hydrogen-bond donors (Lipinski definition) is 1. The first kappa shape index (κ1) is 11.8. The van der Waals surface area contributed by atoms with Gasteiger partial charge in [-0.3, -0.25) is 0 Å². The van der Waals surface area contributed by atoms with Crippen LogP contribution in [-0.4, -0.2) is 6.61 Å². The van der Waals surface area contributed by atoms with Crippen LogP contribution in [0.2, 0.25) is 0 Å². The molecule has 2 nitrogen and oxygen atoms in total. The summed E-state index contributed by atoms with van der Waals surface area (Å²) in [6, 6.07) is 10.8. The third-order valence-corrected chi connectivity index (χ3v) is 6.24. The normalized spacial score (nSPS) is 27.3. The van der Waals surface area contributed by atoms with Crippen molar-refractivity contribution in [2.24, 2.45) is 0 Å². The van der Waals surface area contributed by atoms with Crippen LogP contribution in [-0.2, 0) is 10.5 Å². The SMILES string of the molecule is CCOC12CC(Sc3sccc31)c1ccccc1N2. The molecule has 1 aromatic heterocycles. The molecule has 2 atom stereocenters. The Morgan fingerprint density at radius 3 is 3.16 bits per heavy atom. The van der Waals surface area contributed by atoms with Gasteiger partial charge in [-0.15, -0.1) is 23.1 Å². The Labute approximate surface area is 121 Å². The zero-order valence-electron chi connectivity index (χ0n) is 10.7. The molecule has 4 rings (SSSR count). The first-order chi connectivity index (χ1) is 9.32. The Bertz CT molecular complexity index is 624. The first-order valence-electron chi connectivity index (χ1n) is 6.58. The zero-order chi connectivity index (χ0) is 12.9. The summed E-state index contributed by atoms with van der Waals surface area (Å²) in [5, 5.41) is 6.32. The van der Waals surface area contributed by atoms with E-state index in [1.165, 1.54) is 21.0 Å². The predicted molar refractivity (Wildman–Crippen MR) is 80.9 cm³/mol. The fourth-order valence-electron chi connectivity index (χ4n) is 3.05. The fraction of sp³-hybridized carbons (Fsp3) is 0.333. The number of hydrogen-bond acceptors (Lipinski definition) is 4. The predicted octanol–water partition coefficient (Wildman–Crippen LogP) is 4.60. The van der Waals surface area contributed by atoms with Crippen molar-refractivity contribution < 1.29 is 4.74 Å². The number of thiophene rings is 1. The van der Waals surface area contributed by atoms with Crippen molar-refractivity contribution in [2.75, 3.05) is 11.9 Å². The Hall–Kier alpha value is -0.970. The van der Waals surface area contributed by atoms with Crippen molar-refractivity contribution in [3.8, 4) is 0 Å². The molecule has 3 heterocycles. The van der Waals surface area contributed by atoms with Crippen molar-refractivity contribution in [1.29, 1.82) is 0 Å². The third kappa shape index (κ3) is 1.67. The highest BCUT2D eigenvalue weighted by molar-refractivity contribution is 8.01. The van der Waals surface area contributed by atoms with E-state index in [0.29, 0.717) is 5.25 Å². The van der Waals surface area contributed by atoms with Crippen LogP contribution < -0.4 is 5.32 Å². The molecule has 2 aliphatic heterocycles. The second-order valence-corrected chi connectivity index (χ2v) is 7.29. The fourth-order valence-corrected chi connectivity index (χ4v) is 5.74. The van der Waals surface area contributed by atoms with E-state index in [1.54, 1.807) is 0 Å². The Morgan fingerprint density at radius 1 is 1.37 bits per heavy atom. The van der Waals surface area contributed by atoms with Gasteiger partial charge in [-0.2, -0.15) is 0 Å². The number of nitrogens with one attached hydrogen (secondary N) is 1. The Kier molecular flexibility index (Phi) is 2.65. The number of thioether (sulfide) groups is 1. The number of benzene rings is 1. The number of fused-ring (bicyclic) bond motifs is 6. The van der Waals surface area contributed by atoms with Gasteiger partial charge in [-0.05, 0) is 30.0 Å². The summed E-state index contributed by atoms with van der Waals surface area (Å²) in [4.78, 5) is 0. The van der Waals surface area contributed by atoms with E-state index in [2.05, 4.69) is 48.0 Å². The lowest BCUT2D eigenvalue weighted by molar-refractivity contribution is -0.0339. The van der Waals surface area contributed by atoms with Crippen LogP contribution >= 0.6 is 23.1 Å². The first-order valence-corrected chi connectivity index (χ1v) is 8.34. The monoisotopic (exact) mass is 289 g/mol. The van der Waals surface area contributed by atoms with Crippen LogP contribution in [0.15, 0.2) is 39.9 Å². The largest absolute Gasteiger partial charge is 0.353 e. The summed E-state index contributed by atoms with van der Waals surface area (Å²) >= 11 is 3.81. The highest BCUT2D eigenvalue weighted by atomic mass is 32.2. The van der Waals surface area contributed by atoms with Gasteiger partial charge in [-0.25, -0.2) is 0 Å². The lowest BCUT2D eigenvalue weighted by Gasteiger charge is -2.46. The van der Waals surface area contributed by atoms with Gasteiger partial charge in [-0.1, -0.05) is 18.2 Å². The number of anilines is 1. The second-order valence-electron chi connectivity index (χ2n) is 4.90. The molecular formula is C15H15NOS2. The summed E-state index contributed by atoms with van der Waals surface area (Å²) in [6.07, 6.45) is 1.01. The Morgan fingerprint density at radius 2 is 2.26 bits per heavy atom. The van der Waals surface area contributed by atoms with Crippen LogP contribution in [0, 0.1) is 0 Å².